The fraction of sp³-hybridized carbons (Fsp3) is 0.933. The molecule has 0 aromatic rings. The van der Waals surface area contributed by atoms with E-state index in [1.807, 2.05) is 4.90 Å². The van der Waals surface area contributed by atoms with E-state index in [4.69, 9.17) is 9.31 Å². The Morgan fingerprint density at radius 2 is 1.50 bits per heavy atom. The Labute approximate surface area is 122 Å². The number of hydrogen-bond acceptors (Lipinski definition) is 3. The third-order valence-corrected chi connectivity index (χ3v) is 5.43. The molecule has 0 aromatic carbocycles. The first-order chi connectivity index (χ1) is 9.30. The molecule has 1 amide bonds. The topological polar surface area (TPSA) is 38.8 Å². The first kappa shape index (κ1) is 14.4. The molecule has 5 heteroatoms. The van der Waals surface area contributed by atoms with Gasteiger partial charge in [0.25, 0.3) is 0 Å². The molecule has 2 heterocycles. The van der Waals surface area contributed by atoms with Crippen molar-refractivity contribution >= 4 is 13.0 Å². The van der Waals surface area contributed by atoms with Crippen LogP contribution in [0.3, 0.4) is 0 Å². The van der Waals surface area contributed by atoms with E-state index in [0.29, 0.717) is 17.6 Å². The zero-order chi connectivity index (χ0) is 14.5. The Morgan fingerprint density at radius 3 is 1.95 bits per heavy atom. The number of carbonyl (C=O) groups excluding carboxylic acids is 1. The molecule has 0 spiro atoms. The zero-order valence-corrected chi connectivity index (χ0v) is 13.1. The smallest absolute Gasteiger partial charge is 0.403 e. The highest BCUT2D eigenvalue weighted by Crippen LogP contribution is 2.43. The van der Waals surface area contributed by atoms with Gasteiger partial charge in [-0.1, -0.05) is 0 Å². The van der Waals surface area contributed by atoms with E-state index in [9.17, 15) is 4.79 Å². The standard InChI is InChI=1S/C15H26BNO3/c1-14(2)15(3,4)20-16(19-14)12-7-9-17(10-8-12)13(18)11-5-6-11/h11-12H,5-10H2,1-4H3. The van der Waals surface area contributed by atoms with E-state index in [0.717, 1.165) is 38.8 Å². The van der Waals surface area contributed by atoms with Gasteiger partial charge in [0.2, 0.25) is 5.91 Å². The largest absolute Gasteiger partial charge is 0.461 e. The van der Waals surface area contributed by atoms with Gasteiger partial charge in [-0.15, -0.1) is 0 Å². The number of hydrogen-bond donors (Lipinski definition) is 0. The Kier molecular flexibility index (Phi) is 3.41. The molecule has 0 radical (unpaired) electrons. The lowest BCUT2D eigenvalue weighted by Gasteiger charge is -2.33. The Morgan fingerprint density at radius 1 is 1.00 bits per heavy atom. The predicted octanol–water partition coefficient (Wildman–Crippen LogP) is 2.48. The van der Waals surface area contributed by atoms with Gasteiger partial charge in [0.05, 0.1) is 11.2 Å². The van der Waals surface area contributed by atoms with Gasteiger partial charge in [-0.05, 0) is 59.2 Å². The van der Waals surface area contributed by atoms with E-state index in [1.165, 1.54) is 0 Å². The molecule has 3 aliphatic rings. The van der Waals surface area contributed by atoms with E-state index in [-0.39, 0.29) is 18.3 Å². The number of nitrogens with zero attached hydrogens (tertiary/aromatic N) is 1. The van der Waals surface area contributed by atoms with E-state index < -0.39 is 0 Å². The summed E-state index contributed by atoms with van der Waals surface area (Å²) in [6.07, 6.45) is 4.18. The van der Waals surface area contributed by atoms with Gasteiger partial charge >= 0.3 is 7.12 Å². The number of rotatable bonds is 2. The van der Waals surface area contributed by atoms with Crippen molar-refractivity contribution in [1.29, 1.82) is 0 Å². The van der Waals surface area contributed by atoms with Crippen LogP contribution in [-0.2, 0) is 14.1 Å². The molecule has 2 saturated heterocycles. The molecule has 0 N–H and O–H groups in total. The summed E-state index contributed by atoms with van der Waals surface area (Å²) in [4.78, 5) is 14.1. The van der Waals surface area contributed by atoms with Crippen molar-refractivity contribution in [2.75, 3.05) is 13.1 Å². The molecule has 3 rings (SSSR count). The van der Waals surface area contributed by atoms with Gasteiger partial charge in [0, 0.05) is 19.0 Å². The molecule has 20 heavy (non-hydrogen) atoms. The van der Waals surface area contributed by atoms with Crippen LogP contribution in [-0.4, -0.2) is 42.2 Å². The van der Waals surface area contributed by atoms with Gasteiger partial charge in [-0.3, -0.25) is 4.79 Å². The molecule has 0 aromatic heterocycles. The monoisotopic (exact) mass is 279 g/mol. The average molecular weight is 279 g/mol. The summed E-state index contributed by atoms with van der Waals surface area (Å²) >= 11 is 0. The van der Waals surface area contributed by atoms with Gasteiger partial charge < -0.3 is 14.2 Å². The van der Waals surface area contributed by atoms with Crippen LogP contribution >= 0.6 is 0 Å². The van der Waals surface area contributed by atoms with E-state index in [2.05, 4.69) is 27.7 Å². The lowest BCUT2D eigenvalue weighted by atomic mass is 9.67. The lowest BCUT2D eigenvalue weighted by Crippen LogP contribution is -2.41. The Balaban J connectivity index is 1.55. The maximum absolute atomic E-state index is 12.1. The number of likely N-dealkylation sites (tertiary alicyclic amines) is 1. The molecule has 1 saturated carbocycles. The second-order valence-corrected chi connectivity index (χ2v) is 7.56. The Hall–Kier alpha value is -0.545. The normalized spacial score (nSPS) is 29.8. The summed E-state index contributed by atoms with van der Waals surface area (Å²) in [6, 6.07) is 0. The molecule has 3 fully saturated rings. The summed E-state index contributed by atoms with van der Waals surface area (Å²) in [5, 5.41) is 0. The highest BCUT2D eigenvalue weighted by Gasteiger charge is 2.54. The van der Waals surface area contributed by atoms with Gasteiger partial charge in [-0.2, -0.15) is 0 Å². The minimum Gasteiger partial charge on any atom is -0.403 e. The fourth-order valence-electron chi connectivity index (χ4n) is 3.06. The van der Waals surface area contributed by atoms with Gasteiger partial charge in [-0.25, -0.2) is 0 Å². The molecule has 0 bridgehead atoms. The third kappa shape index (κ3) is 2.50. The summed E-state index contributed by atoms with van der Waals surface area (Å²) in [7, 11) is -0.113. The van der Waals surface area contributed by atoms with Crippen molar-refractivity contribution in [2.24, 2.45) is 5.92 Å². The highest BCUT2D eigenvalue weighted by molar-refractivity contribution is 6.47. The van der Waals surface area contributed by atoms with Crippen molar-refractivity contribution in [2.45, 2.75) is 70.4 Å². The second kappa shape index (κ2) is 4.74. The van der Waals surface area contributed by atoms with Crippen LogP contribution in [0.1, 0.15) is 53.4 Å². The molecule has 0 atom stereocenters. The van der Waals surface area contributed by atoms with Crippen molar-refractivity contribution in [1.82, 2.24) is 4.90 Å². The molecule has 0 unspecified atom stereocenters. The number of piperidine rings is 1. The predicted molar refractivity (Wildman–Crippen MR) is 78.4 cm³/mol. The van der Waals surface area contributed by atoms with Crippen molar-refractivity contribution in [3.63, 3.8) is 0 Å². The SMILES string of the molecule is CC1(C)OB(C2CCN(C(=O)C3CC3)CC2)OC1(C)C. The van der Waals surface area contributed by atoms with E-state index >= 15 is 0 Å². The first-order valence-corrected chi connectivity index (χ1v) is 7.94. The van der Waals surface area contributed by atoms with Crippen LogP contribution in [0.2, 0.25) is 5.82 Å². The van der Waals surface area contributed by atoms with Crippen LogP contribution in [0.25, 0.3) is 0 Å². The average Bonchev–Trinajstić information content (AvgIpc) is 3.17. The summed E-state index contributed by atoms with van der Waals surface area (Å²) in [5.41, 5.74) is -0.503. The van der Waals surface area contributed by atoms with Crippen molar-refractivity contribution < 1.29 is 14.1 Å². The summed E-state index contributed by atoms with van der Waals surface area (Å²) in [6.45, 7) is 10.1. The van der Waals surface area contributed by atoms with Crippen LogP contribution in [0.15, 0.2) is 0 Å². The third-order valence-electron chi connectivity index (χ3n) is 5.43. The number of amides is 1. The molecule has 1 aliphatic carbocycles. The highest BCUT2D eigenvalue weighted by atomic mass is 16.7. The van der Waals surface area contributed by atoms with Crippen LogP contribution in [0.5, 0.6) is 0 Å². The maximum atomic E-state index is 12.1. The van der Waals surface area contributed by atoms with Crippen LogP contribution in [0, 0.1) is 5.92 Å². The summed E-state index contributed by atoms with van der Waals surface area (Å²) in [5.74, 6) is 1.13. The van der Waals surface area contributed by atoms with Gasteiger partial charge in [0.1, 0.15) is 0 Å². The van der Waals surface area contributed by atoms with E-state index in [1.54, 1.807) is 0 Å². The fourth-order valence-corrected chi connectivity index (χ4v) is 3.06. The van der Waals surface area contributed by atoms with Crippen molar-refractivity contribution in [3.8, 4) is 0 Å². The molecule has 4 nitrogen and oxygen atoms in total. The minimum atomic E-state index is -0.251. The first-order valence-electron chi connectivity index (χ1n) is 7.94. The lowest BCUT2D eigenvalue weighted by molar-refractivity contribution is -0.133. The number of carbonyl (C=O) groups is 1. The second-order valence-electron chi connectivity index (χ2n) is 7.56. The zero-order valence-electron chi connectivity index (χ0n) is 13.1. The molecular formula is C15H26BNO3. The van der Waals surface area contributed by atoms with Crippen LogP contribution in [0.4, 0.5) is 0 Å². The van der Waals surface area contributed by atoms with Gasteiger partial charge in [0.15, 0.2) is 0 Å². The molecule has 112 valence electrons. The maximum Gasteiger partial charge on any atom is 0.461 e. The molecular weight excluding hydrogens is 253 g/mol. The van der Waals surface area contributed by atoms with Crippen LogP contribution < -0.4 is 0 Å². The summed E-state index contributed by atoms with van der Waals surface area (Å²) < 4.78 is 12.3. The Bertz CT molecular complexity index is 382. The van der Waals surface area contributed by atoms with Crippen molar-refractivity contribution in [3.05, 3.63) is 0 Å². The minimum absolute atomic E-state index is 0.113. The molecule has 2 aliphatic heterocycles. The quantitative estimate of drug-likeness (QED) is 0.729.